The zero-order valence-electron chi connectivity index (χ0n) is 16.7. The van der Waals surface area contributed by atoms with Gasteiger partial charge in [-0.3, -0.25) is 0 Å². The number of imidazole rings is 1. The summed E-state index contributed by atoms with van der Waals surface area (Å²) >= 11 is 6.08. The van der Waals surface area contributed by atoms with Crippen molar-refractivity contribution in [1.29, 1.82) is 0 Å². The van der Waals surface area contributed by atoms with E-state index < -0.39 is 17.6 Å². The van der Waals surface area contributed by atoms with Crippen molar-refractivity contribution < 1.29 is 23.0 Å². The molecule has 0 saturated heterocycles. The first kappa shape index (κ1) is 20.8. The van der Waals surface area contributed by atoms with Crippen LogP contribution in [0.1, 0.15) is 15.9 Å². The van der Waals surface area contributed by atoms with Crippen LogP contribution in [0.25, 0.3) is 22.4 Å². The molecule has 0 radical (unpaired) electrons. The van der Waals surface area contributed by atoms with E-state index in [1.807, 2.05) is 0 Å². The molecule has 5 nitrogen and oxygen atoms in total. The van der Waals surface area contributed by atoms with Crippen LogP contribution in [-0.4, -0.2) is 29.7 Å². The zero-order chi connectivity index (χ0) is 22.1. The number of carbonyl (C=O) groups is 1. The van der Waals surface area contributed by atoms with E-state index >= 15 is 0 Å². The maximum atomic E-state index is 14.0. The van der Waals surface area contributed by atoms with Gasteiger partial charge in [-0.2, -0.15) is 0 Å². The average molecular weight is 443 g/mol. The van der Waals surface area contributed by atoms with E-state index in [4.69, 9.17) is 21.1 Å². The van der Waals surface area contributed by atoms with Crippen LogP contribution in [0.15, 0.2) is 54.6 Å². The van der Waals surface area contributed by atoms with Gasteiger partial charge in [0, 0.05) is 23.7 Å². The number of hydrogen-bond acceptors (Lipinski definition) is 4. The van der Waals surface area contributed by atoms with Crippen LogP contribution in [0.4, 0.5) is 8.78 Å². The second-order valence-electron chi connectivity index (χ2n) is 6.81. The Balaban J connectivity index is 1.87. The molecule has 0 fully saturated rings. The average Bonchev–Trinajstić information content (AvgIpc) is 3.10. The lowest BCUT2D eigenvalue weighted by Crippen LogP contribution is -2.05. The Morgan fingerprint density at radius 2 is 1.74 bits per heavy atom. The molecular formula is C23H17ClF2N2O3. The maximum Gasteiger partial charge on any atom is 0.337 e. The third-order valence-corrected chi connectivity index (χ3v) is 5.15. The number of carbonyl (C=O) groups excluding carboxylic acids is 1. The molecule has 0 amide bonds. The topological polar surface area (TPSA) is 53.4 Å². The number of halogens is 3. The lowest BCUT2D eigenvalue weighted by molar-refractivity contribution is 0.0600. The summed E-state index contributed by atoms with van der Waals surface area (Å²) < 4.78 is 39.8. The van der Waals surface area contributed by atoms with E-state index in [-0.39, 0.29) is 0 Å². The highest BCUT2D eigenvalue weighted by Gasteiger charge is 2.19. The van der Waals surface area contributed by atoms with Crippen LogP contribution in [0, 0.1) is 11.6 Å². The fourth-order valence-electron chi connectivity index (χ4n) is 3.38. The number of benzene rings is 3. The molecule has 0 saturated carbocycles. The zero-order valence-corrected chi connectivity index (χ0v) is 17.4. The molecule has 1 heterocycles. The van der Waals surface area contributed by atoms with Crippen LogP contribution < -0.4 is 4.74 Å². The predicted molar refractivity (Wildman–Crippen MR) is 114 cm³/mol. The Morgan fingerprint density at radius 3 is 2.42 bits per heavy atom. The van der Waals surface area contributed by atoms with E-state index in [0.717, 1.165) is 17.7 Å². The van der Waals surface area contributed by atoms with Crippen LogP contribution >= 0.6 is 11.6 Å². The van der Waals surface area contributed by atoms with Gasteiger partial charge in [0.25, 0.3) is 0 Å². The Kier molecular flexibility index (Phi) is 5.61. The van der Waals surface area contributed by atoms with Gasteiger partial charge < -0.3 is 14.0 Å². The van der Waals surface area contributed by atoms with Crippen molar-refractivity contribution in [3.05, 3.63) is 82.4 Å². The summed E-state index contributed by atoms with van der Waals surface area (Å²) in [4.78, 5) is 16.2. The molecule has 0 aliphatic heterocycles. The highest BCUT2D eigenvalue weighted by Crippen LogP contribution is 2.35. The first-order valence-corrected chi connectivity index (χ1v) is 9.65. The Morgan fingerprint density at radius 1 is 1.03 bits per heavy atom. The van der Waals surface area contributed by atoms with Gasteiger partial charge in [0.15, 0.2) is 11.6 Å². The summed E-state index contributed by atoms with van der Waals surface area (Å²) in [6.45, 7) is 0.296. The third kappa shape index (κ3) is 3.96. The first-order valence-electron chi connectivity index (χ1n) is 9.27. The van der Waals surface area contributed by atoms with Gasteiger partial charge in [0.1, 0.15) is 11.6 Å². The molecule has 0 atom stereocenters. The van der Waals surface area contributed by atoms with Crippen molar-refractivity contribution in [3.63, 3.8) is 0 Å². The molecule has 0 bridgehead atoms. The standard InChI is InChI=1S/C23H17ClF2N2O3/c1-30-21-9-15(24)7-8-16(21)22-27-19-10-17(25)18(26)11-20(19)28(22)12-13-3-5-14(6-4-13)23(29)31-2/h3-11H,12H2,1-2H3. The molecule has 158 valence electrons. The van der Waals surface area contributed by atoms with Crippen LogP contribution in [-0.2, 0) is 11.3 Å². The van der Waals surface area contributed by atoms with Gasteiger partial charge in [-0.05, 0) is 35.9 Å². The normalized spacial score (nSPS) is 11.0. The number of nitrogens with zero attached hydrogens (tertiary/aromatic N) is 2. The molecule has 1 aromatic heterocycles. The summed E-state index contributed by atoms with van der Waals surface area (Å²) in [6.07, 6.45) is 0. The summed E-state index contributed by atoms with van der Waals surface area (Å²) in [5.74, 6) is -1.45. The molecule has 4 rings (SSSR count). The second-order valence-corrected chi connectivity index (χ2v) is 7.25. The second kappa shape index (κ2) is 8.35. The smallest absolute Gasteiger partial charge is 0.337 e. The lowest BCUT2D eigenvalue weighted by atomic mass is 10.1. The number of methoxy groups -OCH3 is 2. The van der Waals surface area contributed by atoms with Gasteiger partial charge in [0.2, 0.25) is 0 Å². The van der Waals surface area contributed by atoms with E-state index in [9.17, 15) is 13.6 Å². The summed E-state index contributed by atoms with van der Waals surface area (Å²) in [7, 11) is 2.82. The minimum absolute atomic E-state index is 0.296. The number of ether oxygens (including phenoxy) is 2. The van der Waals surface area contributed by atoms with Gasteiger partial charge in [-0.15, -0.1) is 0 Å². The Bertz CT molecular complexity index is 1290. The highest BCUT2D eigenvalue weighted by atomic mass is 35.5. The van der Waals surface area contributed by atoms with Gasteiger partial charge in [-0.1, -0.05) is 23.7 Å². The van der Waals surface area contributed by atoms with Crippen LogP contribution in [0.2, 0.25) is 5.02 Å². The van der Waals surface area contributed by atoms with E-state index in [1.165, 1.54) is 14.2 Å². The lowest BCUT2D eigenvalue weighted by Gasteiger charge is -2.13. The van der Waals surface area contributed by atoms with Gasteiger partial charge in [0.05, 0.1) is 36.4 Å². The van der Waals surface area contributed by atoms with Gasteiger partial charge in [-0.25, -0.2) is 18.6 Å². The monoisotopic (exact) mass is 442 g/mol. The molecule has 3 aromatic carbocycles. The van der Waals surface area contributed by atoms with Gasteiger partial charge >= 0.3 is 5.97 Å². The van der Waals surface area contributed by atoms with Crippen LogP contribution in [0.3, 0.4) is 0 Å². The van der Waals surface area contributed by atoms with Crippen molar-refractivity contribution in [3.8, 4) is 17.1 Å². The number of hydrogen-bond donors (Lipinski definition) is 0. The third-order valence-electron chi connectivity index (χ3n) is 4.91. The fraction of sp³-hybridized carbons (Fsp3) is 0.130. The molecule has 0 unspecified atom stereocenters. The molecule has 31 heavy (non-hydrogen) atoms. The molecule has 0 spiro atoms. The SMILES string of the molecule is COC(=O)c1ccc(Cn2c(-c3ccc(Cl)cc3OC)nc3cc(F)c(F)cc32)cc1. The first-order chi connectivity index (χ1) is 14.9. The highest BCUT2D eigenvalue weighted by molar-refractivity contribution is 6.30. The summed E-state index contributed by atoms with van der Waals surface area (Å²) in [5.41, 5.74) is 2.58. The van der Waals surface area contributed by atoms with Crippen molar-refractivity contribution in [1.82, 2.24) is 9.55 Å². The quantitative estimate of drug-likeness (QED) is 0.384. The molecular weight excluding hydrogens is 426 g/mol. The van der Waals surface area contributed by atoms with Crippen molar-refractivity contribution in [2.45, 2.75) is 6.54 Å². The predicted octanol–water partition coefficient (Wildman–Crippen LogP) is 5.48. The Labute approximate surface area is 181 Å². The maximum absolute atomic E-state index is 14.0. The minimum atomic E-state index is -0.978. The molecule has 0 aliphatic rings. The number of aromatic nitrogens is 2. The fourth-order valence-corrected chi connectivity index (χ4v) is 3.54. The molecule has 8 heteroatoms. The molecule has 4 aromatic rings. The number of fused-ring (bicyclic) bond motifs is 1. The largest absolute Gasteiger partial charge is 0.496 e. The van der Waals surface area contributed by atoms with Crippen molar-refractivity contribution in [2.75, 3.05) is 14.2 Å². The molecule has 0 aliphatic carbocycles. The Hall–Kier alpha value is -3.45. The minimum Gasteiger partial charge on any atom is -0.496 e. The summed E-state index contributed by atoms with van der Waals surface area (Å²) in [6, 6.07) is 14.1. The van der Waals surface area contributed by atoms with E-state index in [0.29, 0.717) is 45.3 Å². The van der Waals surface area contributed by atoms with Crippen molar-refractivity contribution in [2.24, 2.45) is 0 Å². The van der Waals surface area contributed by atoms with E-state index in [2.05, 4.69) is 4.98 Å². The van der Waals surface area contributed by atoms with E-state index in [1.54, 1.807) is 47.0 Å². The number of rotatable bonds is 5. The summed E-state index contributed by atoms with van der Waals surface area (Å²) in [5, 5.41) is 0.485. The van der Waals surface area contributed by atoms with Crippen molar-refractivity contribution >= 4 is 28.6 Å². The van der Waals surface area contributed by atoms with Crippen LogP contribution in [0.5, 0.6) is 5.75 Å². The molecule has 0 N–H and O–H groups in total. The number of esters is 1.